The van der Waals surface area contributed by atoms with Crippen LogP contribution in [0.3, 0.4) is 0 Å². The minimum Gasteiger partial charge on any atom is -0.378 e. The van der Waals surface area contributed by atoms with Crippen LogP contribution in [0.25, 0.3) is 0 Å². The van der Waals surface area contributed by atoms with E-state index in [-0.39, 0.29) is 0 Å². The van der Waals surface area contributed by atoms with Gasteiger partial charge < -0.3 is 15.4 Å². The lowest BCUT2D eigenvalue weighted by molar-refractivity contribution is 0.0135. The molecule has 0 aromatic heterocycles. The fraction of sp³-hybridized carbons (Fsp3) is 1.00. The molecule has 0 amide bonds. The minimum atomic E-state index is 0.309. The molecule has 1 fully saturated rings. The first-order valence-electron chi connectivity index (χ1n) is 7.11. The van der Waals surface area contributed by atoms with Crippen LogP contribution in [-0.2, 0) is 4.74 Å². The molecule has 2 N–H and O–H groups in total. The molecule has 0 aliphatic carbocycles. The lowest BCUT2D eigenvalue weighted by atomic mass is 9.88. The highest BCUT2D eigenvalue weighted by Crippen LogP contribution is 2.21. The highest BCUT2D eigenvalue weighted by atomic mass is 16.5. The van der Waals surface area contributed by atoms with Crippen LogP contribution in [0.4, 0.5) is 0 Å². The summed E-state index contributed by atoms with van der Waals surface area (Å²) in [5.41, 5.74) is 6.06. The second-order valence-electron chi connectivity index (χ2n) is 5.97. The molecule has 0 aromatic carbocycles. The molecule has 0 unspecified atom stereocenters. The first-order valence-corrected chi connectivity index (χ1v) is 7.11. The van der Waals surface area contributed by atoms with Gasteiger partial charge in [-0.1, -0.05) is 13.8 Å². The molecule has 1 aliphatic heterocycles. The van der Waals surface area contributed by atoms with Gasteiger partial charge in [-0.05, 0) is 51.1 Å². The second kappa shape index (κ2) is 7.34. The Labute approximate surface area is 107 Å². The van der Waals surface area contributed by atoms with Crippen LogP contribution in [0.15, 0.2) is 0 Å². The largest absolute Gasteiger partial charge is 0.378 e. The number of rotatable bonds is 7. The number of nitrogens with two attached hydrogens (primary N) is 1. The molecule has 0 saturated carbocycles. The fourth-order valence-electron chi connectivity index (χ4n) is 2.42. The first-order chi connectivity index (χ1) is 8.07. The predicted molar refractivity (Wildman–Crippen MR) is 73.2 cm³/mol. The third-order valence-corrected chi connectivity index (χ3v) is 3.82. The molecule has 0 aromatic rings. The van der Waals surface area contributed by atoms with Crippen LogP contribution in [0.5, 0.6) is 0 Å². The van der Waals surface area contributed by atoms with Crippen molar-refractivity contribution in [3.8, 4) is 0 Å². The zero-order valence-corrected chi connectivity index (χ0v) is 11.9. The number of hydrogen-bond donors (Lipinski definition) is 1. The van der Waals surface area contributed by atoms with E-state index in [2.05, 4.69) is 25.7 Å². The summed E-state index contributed by atoms with van der Waals surface area (Å²) < 4.78 is 5.66. The molecular weight excluding hydrogens is 212 g/mol. The van der Waals surface area contributed by atoms with Gasteiger partial charge in [0.1, 0.15) is 0 Å². The van der Waals surface area contributed by atoms with E-state index in [1.165, 1.54) is 45.3 Å². The van der Waals surface area contributed by atoms with Crippen molar-refractivity contribution >= 4 is 0 Å². The molecule has 0 bridgehead atoms. The topological polar surface area (TPSA) is 38.5 Å². The van der Waals surface area contributed by atoms with E-state index in [1.807, 2.05) is 0 Å². The number of piperidine rings is 1. The van der Waals surface area contributed by atoms with E-state index in [4.69, 9.17) is 10.5 Å². The summed E-state index contributed by atoms with van der Waals surface area (Å²) in [6.45, 7) is 11.9. The lowest BCUT2D eigenvalue weighted by Gasteiger charge is -2.32. The van der Waals surface area contributed by atoms with E-state index in [9.17, 15) is 0 Å². The van der Waals surface area contributed by atoms with Gasteiger partial charge in [-0.3, -0.25) is 0 Å². The monoisotopic (exact) mass is 242 g/mol. The molecule has 0 radical (unpaired) electrons. The third kappa shape index (κ3) is 5.84. The van der Waals surface area contributed by atoms with Crippen molar-refractivity contribution in [2.45, 2.75) is 52.6 Å². The molecule has 0 spiro atoms. The summed E-state index contributed by atoms with van der Waals surface area (Å²) >= 11 is 0. The summed E-state index contributed by atoms with van der Waals surface area (Å²) in [6.07, 6.45) is 5.41. The lowest BCUT2D eigenvalue weighted by Crippen LogP contribution is -2.38. The van der Waals surface area contributed by atoms with Gasteiger partial charge in [-0.2, -0.15) is 0 Å². The van der Waals surface area contributed by atoms with Crippen LogP contribution in [0.1, 0.15) is 46.5 Å². The summed E-state index contributed by atoms with van der Waals surface area (Å²) in [7, 11) is 0. The average molecular weight is 242 g/mol. The van der Waals surface area contributed by atoms with Gasteiger partial charge in [0.25, 0.3) is 0 Å². The van der Waals surface area contributed by atoms with Crippen LogP contribution in [0.2, 0.25) is 0 Å². The van der Waals surface area contributed by atoms with E-state index in [0.29, 0.717) is 11.5 Å². The maximum Gasteiger partial charge on any atom is 0.0599 e. The SMILES string of the molecule is CCOC1CCN(CCCC(C)(C)CN)CC1. The van der Waals surface area contributed by atoms with Crippen molar-refractivity contribution < 1.29 is 4.74 Å². The molecular formula is C14H30N2O. The summed E-state index contributed by atoms with van der Waals surface area (Å²) in [4.78, 5) is 2.57. The maximum absolute atomic E-state index is 5.75. The van der Waals surface area contributed by atoms with E-state index in [1.54, 1.807) is 0 Å². The normalized spacial score (nSPS) is 19.8. The highest BCUT2D eigenvalue weighted by molar-refractivity contribution is 4.74. The van der Waals surface area contributed by atoms with E-state index < -0.39 is 0 Å². The van der Waals surface area contributed by atoms with Crippen LogP contribution < -0.4 is 5.73 Å². The van der Waals surface area contributed by atoms with E-state index >= 15 is 0 Å². The molecule has 1 aliphatic rings. The number of ether oxygens (including phenoxy) is 1. The van der Waals surface area contributed by atoms with Crippen molar-refractivity contribution in [1.29, 1.82) is 0 Å². The Bertz CT molecular complexity index is 198. The number of nitrogens with zero attached hydrogens (tertiary/aromatic N) is 1. The van der Waals surface area contributed by atoms with Gasteiger partial charge in [0, 0.05) is 19.7 Å². The molecule has 17 heavy (non-hydrogen) atoms. The van der Waals surface area contributed by atoms with Crippen LogP contribution in [0, 0.1) is 5.41 Å². The summed E-state index contributed by atoms with van der Waals surface area (Å²) in [6, 6.07) is 0. The second-order valence-corrected chi connectivity index (χ2v) is 5.97. The Morgan fingerprint density at radius 3 is 2.47 bits per heavy atom. The zero-order valence-electron chi connectivity index (χ0n) is 11.9. The quantitative estimate of drug-likeness (QED) is 0.744. The van der Waals surface area contributed by atoms with Crippen LogP contribution in [-0.4, -0.2) is 43.8 Å². The Morgan fingerprint density at radius 1 is 1.29 bits per heavy atom. The maximum atomic E-state index is 5.75. The number of likely N-dealkylation sites (tertiary alicyclic amines) is 1. The fourth-order valence-corrected chi connectivity index (χ4v) is 2.42. The Hall–Kier alpha value is -0.120. The Balaban J connectivity index is 2.10. The number of hydrogen-bond acceptors (Lipinski definition) is 3. The highest BCUT2D eigenvalue weighted by Gasteiger charge is 2.20. The molecule has 1 rings (SSSR count). The summed E-state index contributed by atoms with van der Waals surface area (Å²) in [5, 5.41) is 0. The van der Waals surface area contributed by atoms with Gasteiger partial charge in [-0.25, -0.2) is 0 Å². The van der Waals surface area contributed by atoms with Crippen molar-refractivity contribution in [2.75, 3.05) is 32.8 Å². The zero-order chi connectivity index (χ0) is 12.7. The Kier molecular flexibility index (Phi) is 6.45. The van der Waals surface area contributed by atoms with Crippen molar-refractivity contribution in [2.24, 2.45) is 11.1 Å². The Morgan fingerprint density at radius 2 is 1.94 bits per heavy atom. The van der Waals surface area contributed by atoms with Gasteiger partial charge in [0.15, 0.2) is 0 Å². The average Bonchev–Trinajstić information content (AvgIpc) is 2.32. The molecule has 1 saturated heterocycles. The molecule has 3 nitrogen and oxygen atoms in total. The molecule has 0 atom stereocenters. The van der Waals surface area contributed by atoms with Gasteiger partial charge in [0.2, 0.25) is 0 Å². The smallest absolute Gasteiger partial charge is 0.0599 e. The van der Waals surface area contributed by atoms with Crippen LogP contribution >= 0.6 is 0 Å². The van der Waals surface area contributed by atoms with Gasteiger partial charge in [0.05, 0.1) is 6.10 Å². The molecule has 1 heterocycles. The van der Waals surface area contributed by atoms with Gasteiger partial charge in [-0.15, -0.1) is 0 Å². The van der Waals surface area contributed by atoms with Crippen molar-refractivity contribution in [3.63, 3.8) is 0 Å². The molecule has 3 heteroatoms. The van der Waals surface area contributed by atoms with Crippen molar-refractivity contribution in [1.82, 2.24) is 4.90 Å². The van der Waals surface area contributed by atoms with Gasteiger partial charge >= 0.3 is 0 Å². The summed E-state index contributed by atoms with van der Waals surface area (Å²) in [5.74, 6) is 0. The first kappa shape index (κ1) is 14.9. The van der Waals surface area contributed by atoms with Crippen molar-refractivity contribution in [3.05, 3.63) is 0 Å². The third-order valence-electron chi connectivity index (χ3n) is 3.82. The predicted octanol–water partition coefficient (Wildman–Crippen LogP) is 2.25. The standard InChI is InChI=1S/C14H30N2O/c1-4-17-13-6-10-16(11-7-13)9-5-8-14(2,3)12-15/h13H,4-12,15H2,1-3H3. The minimum absolute atomic E-state index is 0.309. The molecule has 102 valence electrons. The van der Waals surface area contributed by atoms with E-state index in [0.717, 1.165) is 13.2 Å².